The number of rotatable bonds is 9. The monoisotopic (exact) mass is 319 g/mol. The molecule has 9 nitrogen and oxygen atoms in total. The molecule has 2 amide bonds. The first-order chi connectivity index (χ1) is 9.77. The predicted molar refractivity (Wildman–Crippen MR) is 80.9 cm³/mol. The zero-order valence-electron chi connectivity index (χ0n) is 11.7. The molecule has 120 valence electrons. The Bertz CT molecular complexity index is 411. The molecule has 0 aliphatic heterocycles. The lowest BCUT2D eigenvalue weighted by Gasteiger charge is -2.19. The van der Waals surface area contributed by atoms with E-state index in [1.807, 2.05) is 0 Å². The highest BCUT2D eigenvalue weighted by Crippen LogP contribution is 2.00. The van der Waals surface area contributed by atoms with Gasteiger partial charge in [-0.05, 0) is 12.8 Å². The van der Waals surface area contributed by atoms with E-state index in [0.717, 1.165) is 0 Å². The molecule has 0 aliphatic rings. The van der Waals surface area contributed by atoms with Crippen LogP contribution in [0.3, 0.4) is 0 Å². The van der Waals surface area contributed by atoms with Crippen LogP contribution < -0.4 is 22.1 Å². The second-order valence-electron chi connectivity index (χ2n) is 4.28. The van der Waals surface area contributed by atoms with E-state index in [1.165, 1.54) is 6.92 Å². The van der Waals surface area contributed by atoms with E-state index in [9.17, 15) is 14.4 Å². The number of amides is 2. The van der Waals surface area contributed by atoms with Gasteiger partial charge in [-0.25, -0.2) is 4.79 Å². The third-order valence-electron chi connectivity index (χ3n) is 2.44. The van der Waals surface area contributed by atoms with Gasteiger partial charge >= 0.3 is 5.97 Å². The lowest BCUT2D eigenvalue weighted by molar-refractivity contribution is -0.141. The maximum atomic E-state index is 12.0. The van der Waals surface area contributed by atoms with Gasteiger partial charge in [0, 0.05) is 19.2 Å². The van der Waals surface area contributed by atoms with E-state index in [4.69, 9.17) is 16.6 Å². The van der Waals surface area contributed by atoms with Crippen molar-refractivity contribution in [2.75, 3.05) is 12.3 Å². The topological polar surface area (TPSA) is 160 Å². The molecule has 0 heterocycles. The van der Waals surface area contributed by atoms with E-state index < -0.39 is 29.9 Å². The Morgan fingerprint density at radius 2 is 1.86 bits per heavy atom. The molecule has 0 fully saturated rings. The minimum absolute atomic E-state index is 0.0537. The minimum Gasteiger partial charge on any atom is -0.480 e. The summed E-state index contributed by atoms with van der Waals surface area (Å²) in [4.78, 5) is 37.7. The molecule has 0 aromatic rings. The number of aliphatic imine (C=N–C) groups is 1. The lowest BCUT2D eigenvalue weighted by atomic mass is 10.1. The van der Waals surface area contributed by atoms with Gasteiger partial charge in [-0.3, -0.25) is 14.6 Å². The first kappa shape index (κ1) is 19.0. The number of thiol groups is 1. The van der Waals surface area contributed by atoms with Crippen LogP contribution in [0.1, 0.15) is 19.8 Å². The summed E-state index contributed by atoms with van der Waals surface area (Å²) in [5, 5.41) is 13.6. The fraction of sp³-hybridized carbons (Fsp3) is 0.636. The molecule has 0 spiro atoms. The quantitative estimate of drug-likeness (QED) is 0.125. The number of carboxylic acids is 1. The van der Waals surface area contributed by atoms with Crippen molar-refractivity contribution in [3.05, 3.63) is 0 Å². The summed E-state index contributed by atoms with van der Waals surface area (Å²) in [5.41, 5.74) is 10.3. The number of carbonyl (C=O) groups is 3. The zero-order chi connectivity index (χ0) is 16.4. The Morgan fingerprint density at radius 3 is 2.29 bits per heavy atom. The summed E-state index contributed by atoms with van der Waals surface area (Å²) in [7, 11) is 0. The van der Waals surface area contributed by atoms with Gasteiger partial charge in [0.25, 0.3) is 0 Å². The maximum Gasteiger partial charge on any atom is 0.327 e. The van der Waals surface area contributed by atoms with Crippen LogP contribution in [0.4, 0.5) is 0 Å². The average molecular weight is 319 g/mol. The number of hydrogen-bond acceptors (Lipinski definition) is 5. The van der Waals surface area contributed by atoms with Crippen LogP contribution in [0.15, 0.2) is 4.99 Å². The van der Waals surface area contributed by atoms with Crippen molar-refractivity contribution in [3.8, 4) is 0 Å². The molecule has 2 atom stereocenters. The molecule has 7 N–H and O–H groups in total. The normalized spacial score (nSPS) is 12.9. The van der Waals surface area contributed by atoms with Crippen molar-refractivity contribution in [2.45, 2.75) is 31.8 Å². The zero-order valence-corrected chi connectivity index (χ0v) is 12.6. The number of nitrogens with one attached hydrogen (secondary N) is 2. The Morgan fingerprint density at radius 1 is 1.24 bits per heavy atom. The number of hydrogen-bond donors (Lipinski definition) is 6. The smallest absolute Gasteiger partial charge is 0.327 e. The van der Waals surface area contributed by atoms with Crippen molar-refractivity contribution in [2.24, 2.45) is 16.5 Å². The Kier molecular flexibility index (Phi) is 8.93. The van der Waals surface area contributed by atoms with Crippen LogP contribution in [0, 0.1) is 0 Å². The molecular formula is C11H21N5O4S. The molecule has 0 radical (unpaired) electrons. The Hall–Kier alpha value is -1.97. The molecule has 0 aromatic carbocycles. The third kappa shape index (κ3) is 8.74. The van der Waals surface area contributed by atoms with Gasteiger partial charge in [-0.2, -0.15) is 12.6 Å². The van der Waals surface area contributed by atoms with E-state index in [0.29, 0.717) is 13.0 Å². The van der Waals surface area contributed by atoms with Crippen molar-refractivity contribution >= 4 is 36.4 Å². The summed E-state index contributed by atoms with van der Waals surface area (Å²) in [6, 6.07) is -1.96. The van der Waals surface area contributed by atoms with Crippen molar-refractivity contribution in [1.29, 1.82) is 0 Å². The van der Waals surface area contributed by atoms with E-state index in [1.54, 1.807) is 0 Å². The number of carboxylic acid groups (broad SMARTS) is 1. The molecular weight excluding hydrogens is 298 g/mol. The first-order valence-electron chi connectivity index (χ1n) is 6.24. The number of aliphatic carboxylic acids is 1. The van der Waals surface area contributed by atoms with Crippen LogP contribution in [0.25, 0.3) is 0 Å². The average Bonchev–Trinajstić information content (AvgIpc) is 2.38. The number of nitrogens with two attached hydrogens (primary N) is 2. The van der Waals surface area contributed by atoms with E-state index in [2.05, 4.69) is 28.3 Å². The van der Waals surface area contributed by atoms with Gasteiger partial charge < -0.3 is 27.2 Å². The van der Waals surface area contributed by atoms with E-state index in [-0.39, 0.29) is 18.1 Å². The molecule has 21 heavy (non-hydrogen) atoms. The van der Waals surface area contributed by atoms with Gasteiger partial charge in [-0.1, -0.05) is 0 Å². The Balaban J connectivity index is 4.58. The van der Waals surface area contributed by atoms with Crippen LogP contribution in [0.5, 0.6) is 0 Å². The van der Waals surface area contributed by atoms with Crippen LogP contribution in [-0.4, -0.2) is 53.2 Å². The summed E-state index contributed by atoms with van der Waals surface area (Å²) < 4.78 is 0. The fourth-order valence-corrected chi connectivity index (χ4v) is 1.72. The molecule has 0 aromatic heterocycles. The minimum atomic E-state index is -1.19. The summed E-state index contributed by atoms with van der Waals surface area (Å²) >= 11 is 3.85. The fourth-order valence-electron chi connectivity index (χ4n) is 1.48. The molecule has 0 rings (SSSR count). The molecule has 2 unspecified atom stereocenters. The van der Waals surface area contributed by atoms with Gasteiger partial charge in [0.2, 0.25) is 11.8 Å². The second kappa shape index (κ2) is 9.86. The van der Waals surface area contributed by atoms with Crippen LogP contribution >= 0.6 is 12.6 Å². The maximum absolute atomic E-state index is 12.0. The highest BCUT2D eigenvalue weighted by molar-refractivity contribution is 7.80. The SMILES string of the molecule is CC(=O)NC(CCCN=C(N)N)C(=O)NC(CS)C(=O)O. The molecule has 0 saturated carbocycles. The third-order valence-corrected chi connectivity index (χ3v) is 2.80. The van der Waals surface area contributed by atoms with Crippen molar-refractivity contribution < 1.29 is 19.5 Å². The first-order valence-corrected chi connectivity index (χ1v) is 6.87. The van der Waals surface area contributed by atoms with Crippen LogP contribution in [-0.2, 0) is 14.4 Å². The number of guanidine groups is 1. The van der Waals surface area contributed by atoms with Crippen LogP contribution in [0.2, 0.25) is 0 Å². The van der Waals surface area contributed by atoms with Gasteiger partial charge in [0.15, 0.2) is 5.96 Å². The summed E-state index contributed by atoms with van der Waals surface area (Å²) in [6.07, 6.45) is 0.732. The van der Waals surface area contributed by atoms with Crippen molar-refractivity contribution in [1.82, 2.24) is 10.6 Å². The summed E-state index contributed by atoms with van der Waals surface area (Å²) in [6.45, 7) is 1.57. The highest BCUT2D eigenvalue weighted by atomic mass is 32.1. The van der Waals surface area contributed by atoms with Gasteiger partial charge in [-0.15, -0.1) is 0 Å². The summed E-state index contributed by atoms with van der Waals surface area (Å²) in [5.74, 6) is -2.29. The molecule has 0 saturated heterocycles. The molecule has 0 bridgehead atoms. The highest BCUT2D eigenvalue weighted by Gasteiger charge is 2.24. The lowest BCUT2D eigenvalue weighted by Crippen LogP contribution is -2.51. The number of nitrogens with zero attached hydrogens (tertiary/aromatic N) is 1. The molecule has 0 aliphatic carbocycles. The Labute approximate surface area is 127 Å². The largest absolute Gasteiger partial charge is 0.480 e. The predicted octanol–water partition coefficient (Wildman–Crippen LogP) is -1.96. The van der Waals surface area contributed by atoms with Crippen molar-refractivity contribution in [3.63, 3.8) is 0 Å². The second-order valence-corrected chi connectivity index (χ2v) is 4.65. The molecule has 10 heteroatoms. The van der Waals surface area contributed by atoms with Gasteiger partial charge in [0.05, 0.1) is 0 Å². The van der Waals surface area contributed by atoms with Gasteiger partial charge in [0.1, 0.15) is 12.1 Å². The number of carbonyl (C=O) groups excluding carboxylic acids is 2. The van der Waals surface area contributed by atoms with E-state index >= 15 is 0 Å². The standard InChI is InChI=1S/C11H21N5O4S/c1-6(17)15-7(3-2-4-14-11(12)13)9(18)16-8(5-21)10(19)20/h7-8,21H,2-5H2,1H3,(H,15,17)(H,16,18)(H,19,20)(H4,12,13,14).